The molecular formula is C107H150N6O9S2. The highest BCUT2D eigenvalue weighted by Crippen LogP contribution is 2.39. The van der Waals surface area contributed by atoms with Gasteiger partial charge in [0.2, 0.25) is 18.6 Å². The lowest BCUT2D eigenvalue weighted by Crippen LogP contribution is -2.17. The Morgan fingerprint density at radius 2 is 0.879 bits per heavy atom. The molecule has 674 valence electrons. The number of thiophene rings is 1. The highest BCUT2D eigenvalue weighted by atomic mass is 32.2. The lowest BCUT2D eigenvalue weighted by molar-refractivity contribution is 0.171. The first kappa shape index (κ1) is 105. The molecule has 11 aromatic rings. The third kappa shape index (κ3) is 35.4. The lowest BCUT2D eigenvalue weighted by atomic mass is 9.85. The summed E-state index contributed by atoms with van der Waals surface area (Å²) in [7, 11) is 0.374. The molecule has 0 unspecified atom stereocenters. The molecule has 0 fully saturated rings. The molecule has 0 radical (unpaired) electrons. The van der Waals surface area contributed by atoms with Crippen molar-refractivity contribution < 1.29 is 41.3 Å². The van der Waals surface area contributed by atoms with Gasteiger partial charge in [-0.25, -0.2) is 28.4 Å². The minimum atomic E-state index is -2.93. The number of furan rings is 1. The number of aryl methyl sites for hydroxylation is 3. The number of allylic oxidation sites excluding steroid dienone is 1. The van der Waals surface area contributed by atoms with Gasteiger partial charge < -0.3 is 32.8 Å². The summed E-state index contributed by atoms with van der Waals surface area (Å²) in [5, 5.41) is 6.87. The van der Waals surface area contributed by atoms with Gasteiger partial charge in [0.1, 0.15) is 24.9 Å². The maximum absolute atomic E-state index is 11.1. The Morgan fingerprint density at radius 3 is 1.35 bits per heavy atom. The molecule has 1 aliphatic carbocycles. The summed E-state index contributed by atoms with van der Waals surface area (Å²) in [5.41, 5.74) is 19.0. The van der Waals surface area contributed by atoms with Crippen LogP contribution in [0.2, 0.25) is 0 Å². The van der Waals surface area contributed by atoms with E-state index in [-0.39, 0.29) is 54.5 Å². The maximum atomic E-state index is 11.1. The van der Waals surface area contributed by atoms with Gasteiger partial charge >= 0.3 is 0 Å². The Kier molecular flexibility index (Phi) is 37.6. The van der Waals surface area contributed by atoms with E-state index < -0.39 is 9.84 Å². The first-order valence-electron chi connectivity index (χ1n) is 43.1. The molecule has 0 N–H and O–H groups in total. The fourth-order valence-electron chi connectivity index (χ4n) is 12.2. The predicted molar refractivity (Wildman–Crippen MR) is 522 cm³/mol. The standard InChI is InChI=1S/C13H15N.C13H16.C12H18O2S.C12H16O2.C11H17NO.C11H14O2.C10H16N2O.C9H14N2.C8H12O.C8H12S/c1-13(2,3)12-9-14-8-10-6-4-5-7-11(10)12;1-13(2,3)12-8-7-10-5-4-6-11(10)9-12;1-12(2,3)11-7-5-10(6-8-11)9-15(4,13)14;1-12(2,3)9-4-5-10-11(8-9)14-7-6-13-10;1-8-6-7-9(11(2,3)4)10(12-8)13-5;1-11(2,3)8-4-5-9-10(6-8)13-7-12-9;1-7-11-6-8(10(2,3)4)9(12-7)13-5;1-7-10-5-8(6-11-7)9(2,3)4;2*1-8(2,3)7-4-5-9-6-7/h4-9H,1-3H3;4,6-9H,5H2,1-3H3;5-8H,9H2,1-4H3;4-5,8H,6-7H2,1-3H3;6-7H,1-5H3;4-6H,7H2,1-3H3;6H,1-5H3;5-6H,1-4H3;2*4-6H,1-3H3. The molecule has 2 aliphatic heterocycles. The quantitative estimate of drug-likeness (QED) is 0.162. The van der Waals surface area contributed by atoms with Crippen molar-refractivity contribution in [2.24, 2.45) is 0 Å². The molecule has 0 saturated carbocycles. The summed E-state index contributed by atoms with van der Waals surface area (Å²) in [6.07, 6.45) is 19.8. The molecule has 17 heteroatoms. The Bertz CT molecular complexity index is 5120. The van der Waals surface area contributed by atoms with Crippen LogP contribution < -0.4 is 28.4 Å². The van der Waals surface area contributed by atoms with Gasteiger partial charge in [-0.3, -0.25) is 4.98 Å². The molecule has 15 nitrogen and oxygen atoms in total. The summed E-state index contributed by atoms with van der Waals surface area (Å²) in [6.45, 7) is 72.8. The minimum absolute atomic E-state index is 0.0268. The number of fused-ring (bicyclic) bond motifs is 4. The van der Waals surface area contributed by atoms with E-state index in [1.54, 1.807) is 38.1 Å². The number of methoxy groups -OCH3 is 2. The molecular weight excluding hydrogens is 1580 g/mol. The average molecular weight is 1730 g/mol. The second-order valence-corrected chi connectivity index (χ2v) is 44.9. The number of hydrogen-bond acceptors (Lipinski definition) is 16. The van der Waals surface area contributed by atoms with Gasteiger partial charge in [0.05, 0.1) is 32.5 Å². The summed E-state index contributed by atoms with van der Waals surface area (Å²) in [5.74, 6) is 6.58. The van der Waals surface area contributed by atoms with Crippen molar-refractivity contribution in [3.05, 3.63) is 277 Å². The third-order valence-electron chi connectivity index (χ3n) is 20.3. The second kappa shape index (κ2) is 44.4. The number of hydrogen-bond donors (Lipinski definition) is 0. The number of rotatable bonds is 4. The van der Waals surface area contributed by atoms with E-state index >= 15 is 0 Å². The van der Waals surface area contributed by atoms with Crippen molar-refractivity contribution in [2.45, 2.75) is 295 Å². The molecule has 0 bridgehead atoms. The van der Waals surface area contributed by atoms with E-state index in [1.165, 1.54) is 72.7 Å². The monoisotopic (exact) mass is 1730 g/mol. The number of pyridine rings is 2. The number of benzene rings is 5. The minimum Gasteiger partial charge on any atom is -0.486 e. The summed E-state index contributed by atoms with van der Waals surface area (Å²) in [4.78, 5) is 25.3. The molecule has 0 saturated heterocycles. The Balaban J connectivity index is 0.000000245. The van der Waals surface area contributed by atoms with E-state index in [1.807, 2.05) is 100 Å². The first-order chi connectivity index (χ1) is 57.1. The SMILES string of the molecule is CC(C)(C)c1ccc(CS(C)(=O)=O)cc1.CC(C)(C)c1ccc2c(c1)C=CC2.CC(C)(C)c1ccc2c(c1)OCCO2.CC(C)(C)c1ccc2c(c1)OCO2.CC(C)(C)c1ccoc1.CC(C)(C)c1ccsc1.CC(C)(C)c1cncc2ccccc12.COc1nc(C)ccc1C(C)(C)C.COc1nc(C)ncc1C(C)(C)C.Cc1ncc(C(C)(C)C)cn1. The van der Waals surface area contributed by atoms with Crippen molar-refractivity contribution in [1.82, 2.24) is 29.9 Å². The van der Waals surface area contributed by atoms with Crippen molar-refractivity contribution in [1.29, 1.82) is 0 Å². The molecule has 0 spiro atoms. The molecule has 124 heavy (non-hydrogen) atoms. The summed E-state index contributed by atoms with van der Waals surface area (Å²) in [6, 6.07) is 43.6. The molecule has 6 aromatic heterocycles. The van der Waals surface area contributed by atoms with E-state index in [0.29, 0.717) is 31.3 Å². The van der Waals surface area contributed by atoms with Crippen LogP contribution in [0.4, 0.5) is 0 Å². The van der Waals surface area contributed by atoms with Crippen molar-refractivity contribution >= 4 is 38.0 Å². The lowest BCUT2D eigenvalue weighted by Gasteiger charge is -2.23. The van der Waals surface area contributed by atoms with Gasteiger partial charge in [-0.2, -0.15) is 16.3 Å². The zero-order chi connectivity index (χ0) is 93.4. The topological polar surface area (TPSA) is 180 Å². The van der Waals surface area contributed by atoms with Gasteiger partial charge in [-0.1, -0.05) is 305 Å². The second-order valence-electron chi connectivity index (χ2n) is 42.0. The van der Waals surface area contributed by atoms with Gasteiger partial charge in [0.15, 0.2) is 32.8 Å². The Labute approximate surface area is 751 Å². The van der Waals surface area contributed by atoms with Gasteiger partial charge in [-0.05, 0) is 201 Å². The molecule has 5 aromatic carbocycles. The summed E-state index contributed by atoms with van der Waals surface area (Å²) >= 11 is 1.77. The number of aromatic nitrogens is 6. The van der Waals surface area contributed by atoms with Gasteiger partial charge in [-0.15, -0.1) is 0 Å². The van der Waals surface area contributed by atoms with Crippen LogP contribution in [0.25, 0.3) is 16.8 Å². The average Bonchev–Trinajstić information content (AvgIpc) is 1.19. The van der Waals surface area contributed by atoms with Crippen LogP contribution in [0.5, 0.6) is 34.8 Å². The molecule has 0 amide bonds. The molecule has 8 heterocycles. The normalized spacial score (nSPS) is 12.9. The number of nitrogens with zero attached hydrogens (tertiary/aromatic N) is 6. The van der Waals surface area contributed by atoms with Gasteiger partial charge in [0.25, 0.3) is 0 Å². The number of sulfone groups is 1. The highest BCUT2D eigenvalue weighted by Gasteiger charge is 2.26. The fourth-order valence-corrected chi connectivity index (χ4v) is 13.9. The van der Waals surface area contributed by atoms with E-state index in [2.05, 4.69) is 339 Å². The number of ether oxygens (including phenoxy) is 6. The van der Waals surface area contributed by atoms with Crippen LogP contribution in [-0.4, -0.2) is 78.8 Å². The summed E-state index contributed by atoms with van der Waals surface area (Å²) < 4.78 is 59.1. The molecule has 0 atom stereocenters. The predicted octanol–water partition coefficient (Wildman–Crippen LogP) is 27.6. The van der Waals surface area contributed by atoms with Crippen LogP contribution in [-0.2, 0) is 76.2 Å². The Morgan fingerprint density at radius 1 is 0.411 bits per heavy atom. The van der Waals surface area contributed by atoms with E-state index in [0.717, 1.165) is 69.3 Å². The maximum Gasteiger partial charge on any atom is 0.231 e. The first-order valence-corrected chi connectivity index (χ1v) is 46.1. The van der Waals surface area contributed by atoms with Crippen LogP contribution in [0, 0.1) is 20.8 Å². The fraction of sp³-hybridized carbons (Fsp3) is 0.477. The van der Waals surface area contributed by atoms with Crippen LogP contribution >= 0.6 is 11.3 Å². The van der Waals surface area contributed by atoms with Crippen molar-refractivity contribution in [3.63, 3.8) is 0 Å². The highest BCUT2D eigenvalue weighted by molar-refractivity contribution is 7.89. The van der Waals surface area contributed by atoms with E-state index in [9.17, 15) is 8.42 Å². The zero-order valence-corrected chi connectivity index (χ0v) is 83.8. The van der Waals surface area contributed by atoms with Crippen LogP contribution in [0.3, 0.4) is 0 Å². The van der Waals surface area contributed by atoms with Gasteiger partial charge in [0, 0.05) is 59.4 Å². The zero-order valence-electron chi connectivity index (χ0n) is 82.2. The van der Waals surface area contributed by atoms with Crippen LogP contribution in [0.15, 0.2) is 192 Å². The largest absolute Gasteiger partial charge is 0.486 e. The smallest absolute Gasteiger partial charge is 0.231 e. The van der Waals surface area contributed by atoms with Crippen molar-refractivity contribution in [3.8, 4) is 34.8 Å². The van der Waals surface area contributed by atoms with Crippen molar-refractivity contribution in [2.75, 3.05) is 40.5 Å². The van der Waals surface area contributed by atoms with E-state index in [4.69, 9.17) is 32.8 Å². The van der Waals surface area contributed by atoms with Crippen LogP contribution in [0.1, 0.15) is 297 Å². The third-order valence-corrected chi connectivity index (χ3v) is 21.9. The Hall–Kier alpha value is -9.71. The molecule has 14 rings (SSSR count). The molecule has 3 aliphatic rings.